The van der Waals surface area contributed by atoms with Crippen LogP contribution in [0, 0.1) is 5.82 Å². The van der Waals surface area contributed by atoms with Gasteiger partial charge >= 0.3 is 0 Å². The molecule has 2 amide bonds. The van der Waals surface area contributed by atoms with Crippen molar-refractivity contribution < 1.29 is 18.7 Å². The second-order valence-electron chi connectivity index (χ2n) is 7.41. The molecule has 2 aromatic rings. The molecule has 0 atom stereocenters. The Morgan fingerprint density at radius 2 is 1.84 bits per heavy atom. The molecule has 1 saturated heterocycles. The van der Waals surface area contributed by atoms with Crippen LogP contribution in [0.3, 0.4) is 0 Å². The second-order valence-corrected chi connectivity index (χ2v) is 8.48. The largest absolute Gasteiger partial charge is 0.364 e. The summed E-state index contributed by atoms with van der Waals surface area (Å²) in [5.41, 5.74) is 0.465. The highest BCUT2D eigenvalue weighted by atomic mass is 32.1. The first-order valence-electron chi connectivity index (χ1n) is 10.6. The minimum Gasteiger partial charge on any atom is -0.364 e. The molecule has 2 N–H and O–H groups in total. The van der Waals surface area contributed by atoms with E-state index in [1.165, 1.54) is 49.9 Å². The third-order valence-electron chi connectivity index (χ3n) is 4.89. The van der Waals surface area contributed by atoms with Crippen molar-refractivity contribution in [3.05, 3.63) is 40.1 Å². The van der Waals surface area contributed by atoms with Gasteiger partial charge in [-0.05, 0) is 63.2 Å². The van der Waals surface area contributed by atoms with Gasteiger partial charge in [-0.3, -0.25) is 9.59 Å². The molecule has 1 aliphatic rings. The van der Waals surface area contributed by atoms with Crippen molar-refractivity contribution in [2.75, 3.05) is 38.1 Å². The van der Waals surface area contributed by atoms with Gasteiger partial charge < -0.3 is 20.3 Å². The van der Waals surface area contributed by atoms with Crippen molar-refractivity contribution in [1.82, 2.24) is 20.4 Å². The van der Waals surface area contributed by atoms with Crippen LogP contribution in [0.5, 0.6) is 0 Å². The van der Waals surface area contributed by atoms with Gasteiger partial charge in [-0.25, -0.2) is 4.39 Å². The number of likely N-dealkylation sites (tertiary alicyclic amines) is 1. The highest BCUT2D eigenvalue weighted by Crippen LogP contribution is 2.14. The maximum absolute atomic E-state index is 12.9. The fraction of sp³-hybridized carbons (Fsp3) is 0.524. The van der Waals surface area contributed by atoms with Gasteiger partial charge in [0.15, 0.2) is 0 Å². The van der Waals surface area contributed by atoms with Crippen molar-refractivity contribution in [3.8, 4) is 0 Å². The molecule has 3 rings (SSSR count). The van der Waals surface area contributed by atoms with E-state index in [1.807, 2.05) is 0 Å². The zero-order valence-corrected chi connectivity index (χ0v) is 18.3. The van der Waals surface area contributed by atoms with E-state index in [1.54, 1.807) is 0 Å². The Bertz CT molecular complexity index is 838. The molecular formula is C21H28FN5O3S. The standard InChI is InChI=1S/C21H28FN5O3S/c22-16-6-8-17(9-7-16)24-20(29)21-26-25-19(31-21)15-30-14-18(28)23-10-5-13-27-11-3-1-2-4-12-27/h6-9H,1-5,10-15H2,(H,23,28)(H,24,29). The van der Waals surface area contributed by atoms with Crippen molar-refractivity contribution in [3.63, 3.8) is 0 Å². The van der Waals surface area contributed by atoms with E-state index in [0.29, 0.717) is 17.2 Å². The Balaban J connectivity index is 1.29. The van der Waals surface area contributed by atoms with Crippen molar-refractivity contribution in [2.45, 2.75) is 38.7 Å². The normalized spacial score (nSPS) is 14.7. The van der Waals surface area contributed by atoms with Crippen LogP contribution in [-0.4, -0.2) is 59.7 Å². The van der Waals surface area contributed by atoms with Crippen molar-refractivity contribution >= 4 is 28.8 Å². The molecule has 0 saturated carbocycles. The first-order chi connectivity index (χ1) is 15.1. The smallest absolute Gasteiger partial charge is 0.286 e. The van der Waals surface area contributed by atoms with Crippen LogP contribution in [0.1, 0.15) is 46.9 Å². The number of amides is 2. The summed E-state index contributed by atoms with van der Waals surface area (Å²) in [6, 6.07) is 5.44. The molecule has 0 aliphatic carbocycles. The number of carbonyl (C=O) groups is 2. The highest BCUT2D eigenvalue weighted by Gasteiger charge is 2.14. The molecular weight excluding hydrogens is 421 g/mol. The Morgan fingerprint density at radius 1 is 1.10 bits per heavy atom. The average molecular weight is 450 g/mol. The zero-order chi connectivity index (χ0) is 21.9. The Kier molecular flexibility index (Phi) is 9.32. The molecule has 10 heteroatoms. The number of carbonyl (C=O) groups excluding carboxylic acids is 2. The molecule has 1 aliphatic heterocycles. The maximum atomic E-state index is 12.9. The molecule has 0 radical (unpaired) electrons. The molecule has 168 valence electrons. The van der Waals surface area contributed by atoms with Gasteiger partial charge in [-0.15, -0.1) is 10.2 Å². The fourth-order valence-corrected chi connectivity index (χ4v) is 3.97. The Labute approximate surface area is 185 Å². The molecule has 0 unspecified atom stereocenters. The lowest BCUT2D eigenvalue weighted by molar-refractivity contribution is -0.126. The number of rotatable bonds is 10. The van der Waals surface area contributed by atoms with Gasteiger partial charge in [-0.2, -0.15) is 0 Å². The minimum absolute atomic E-state index is 0.0690. The number of hydrogen-bond acceptors (Lipinski definition) is 7. The summed E-state index contributed by atoms with van der Waals surface area (Å²) in [5, 5.41) is 13.9. The van der Waals surface area contributed by atoms with Gasteiger partial charge in [0.25, 0.3) is 5.91 Å². The van der Waals surface area contributed by atoms with Gasteiger partial charge in [0.2, 0.25) is 10.9 Å². The fourth-order valence-electron chi connectivity index (χ4n) is 3.29. The summed E-state index contributed by atoms with van der Waals surface area (Å²) in [4.78, 5) is 26.5. The van der Waals surface area contributed by atoms with Gasteiger partial charge in [0.05, 0.1) is 0 Å². The van der Waals surface area contributed by atoms with E-state index >= 15 is 0 Å². The second kappa shape index (κ2) is 12.4. The number of halogens is 1. The Morgan fingerprint density at radius 3 is 2.58 bits per heavy atom. The summed E-state index contributed by atoms with van der Waals surface area (Å²) in [6.45, 7) is 3.98. The molecule has 1 aromatic heterocycles. The number of aromatic nitrogens is 2. The summed E-state index contributed by atoms with van der Waals surface area (Å²) < 4.78 is 18.3. The summed E-state index contributed by atoms with van der Waals surface area (Å²) in [6.07, 6.45) is 6.09. The monoisotopic (exact) mass is 449 g/mol. The van der Waals surface area contributed by atoms with E-state index in [2.05, 4.69) is 25.7 Å². The van der Waals surface area contributed by atoms with E-state index in [0.717, 1.165) is 37.4 Å². The first-order valence-corrected chi connectivity index (χ1v) is 11.4. The quantitative estimate of drug-likeness (QED) is 0.542. The summed E-state index contributed by atoms with van der Waals surface area (Å²) in [7, 11) is 0. The molecule has 31 heavy (non-hydrogen) atoms. The van der Waals surface area contributed by atoms with Crippen LogP contribution in [0.4, 0.5) is 10.1 Å². The maximum Gasteiger partial charge on any atom is 0.286 e. The van der Waals surface area contributed by atoms with Crippen LogP contribution in [0.25, 0.3) is 0 Å². The summed E-state index contributed by atoms with van der Waals surface area (Å²) in [5.74, 6) is -0.984. The van der Waals surface area contributed by atoms with Crippen LogP contribution < -0.4 is 10.6 Å². The predicted octanol–water partition coefficient (Wildman–Crippen LogP) is 2.83. The predicted molar refractivity (Wildman–Crippen MR) is 116 cm³/mol. The van der Waals surface area contributed by atoms with E-state index in [-0.39, 0.29) is 29.9 Å². The van der Waals surface area contributed by atoms with Crippen molar-refractivity contribution in [1.29, 1.82) is 0 Å². The van der Waals surface area contributed by atoms with E-state index in [9.17, 15) is 14.0 Å². The number of benzene rings is 1. The van der Waals surface area contributed by atoms with Crippen LogP contribution in [0.15, 0.2) is 24.3 Å². The first kappa shape index (κ1) is 23.2. The Hall–Kier alpha value is -2.43. The number of anilines is 1. The molecule has 1 aromatic carbocycles. The molecule has 0 bridgehead atoms. The topological polar surface area (TPSA) is 96.5 Å². The van der Waals surface area contributed by atoms with Crippen LogP contribution in [0.2, 0.25) is 0 Å². The average Bonchev–Trinajstić information content (AvgIpc) is 3.08. The van der Waals surface area contributed by atoms with E-state index in [4.69, 9.17) is 4.74 Å². The van der Waals surface area contributed by atoms with Crippen LogP contribution in [-0.2, 0) is 16.1 Å². The molecule has 8 nitrogen and oxygen atoms in total. The minimum atomic E-state index is -0.433. The third kappa shape index (κ3) is 8.31. The van der Waals surface area contributed by atoms with E-state index < -0.39 is 5.91 Å². The van der Waals surface area contributed by atoms with Gasteiger partial charge in [0.1, 0.15) is 24.0 Å². The van der Waals surface area contributed by atoms with Crippen LogP contribution >= 0.6 is 11.3 Å². The van der Waals surface area contributed by atoms with Gasteiger partial charge in [-0.1, -0.05) is 24.2 Å². The lowest BCUT2D eigenvalue weighted by Crippen LogP contribution is -2.32. The highest BCUT2D eigenvalue weighted by molar-refractivity contribution is 7.13. The number of nitrogens with zero attached hydrogens (tertiary/aromatic N) is 3. The third-order valence-corrected chi connectivity index (χ3v) is 5.79. The molecule has 1 fully saturated rings. The SMILES string of the molecule is O=C(COCc1nnc(C(=O)Nc2ccc(F)cc2)s1)NCCCN1CCCCCC1. The molecule has 0 spiro atoms. The van der Waals surface area contributed by atoms with Gasteiger partial charge in [0, 0.05) is 12.2 Å². The number of hydrogen-bond donors (Lipinski definition) is 2. The number of nitrogens with one attached hydrogen (secondary N) is 2. The lowest BCUT2D eigenvalue weighted by Gasteiger charge is -2.19. The lowest BCUT2D eigenvalue weighted by atomic mass is 10.2. The van der Waals surface area contributed by atoms with Crippen molar-refractivity contribution in [2.24, 2.45) is 0 Å². The summed E-state index contributed by atoms with van der Waals surface area (Å²) >= 11 is 1.08. The zero-order valence-electron chi connectivity index (χ0n) is 17.4. The molecule has 2 heterocycles. The number of ether oxygens (including phenoxy) is 1.